The summed E-state index contributed by atoms with van der Waals surface area (Å²) >= 11 is 0. The van der Waals surface area contributed by atoms with Gasteiger partial charge in [-0.25, -0.2) is 0 Å². The number of hydrogen-bond acceptors (Lipinski definition) is 3. The highest BCUT2D eigenvalue weighted by molar-refractivity contribution is 5.75. The van der Waals surface area contributed by atoms with E-state index in [1.165, 1.54) is 0 Å². The number of allylic oxidation sites excluding steroid dienone is 1. The van der Waals surface area contributed by atoms with Gasteiger partial charge in [-0.05, 0) is 66.9 Å². The van der Waals surface area contributed by atoms with Gasteiger partial charge >= 0.3 is 0 Å². The molecular formula is C20H32O3. The van der Waals surface area contributed by atoms with Crippen molar-refractivity contribution in [2.24, 2.45) is 22.7 Å². The van der Waals surface area contributed by atoms with E-state index in [2.05, 4.69) is 27.4 Å². The predicted molar refractivity (Wildman–Crippen MR) is 92.9 cm³/mol. The van der Waals surface area contributed by atoms with E-state index in [4.69, 9.17) is 0 Å². The number of aliphatic hydroxyl groups is 2. The monoisotopic (exact) mass is 320 g/mol. The molecule has 2 aliphatic carbocycles. The smallest absolute Gasteiger partial charge is 0.146 e. The van der Waals surface area contributed by atoms with Gasteiger partial charge in [-0.15, -0.1) is 6.58 Å². The van der Waals surface area contributed by atoms with E-state index in [-0.39, 0.29) is 22.7 Å². The zero-order valence-electron chi connectivity index (χ0n) is 15.0. The molecule has 23 heavy (non-hydrogen) atoms. The quantitative estimate of drug-likeness (QED) is 0.600. The minimum atomic E-state index is -0.917. The van der Waals surface area contributed by atoms with Gasteiger partial charge in [-0.2, -0.15) is 0 Å². The van der Waals surface area contributed by atoms with Crippen molar-refractivity contribution in [2.45, 2.75) is 71.5 Å². The van der Waals surface area contributed by atoms with E-state index in [0.29, 0.717) is 12.0 Å². The molecule has 0 aromatic rings. The van der Waals surface area contributed by atoms with Crippen LogP contribution in [0.5, 0.6) is 0 Å². The third kappa shape index (κ3) is 3.32. The van der Waals surface area contributed by atoms with Gasteiger partial charge in [0.25, 0.3) is 0 Å². The molecular weight excluding hydrogens is 288 g/mol. The Morgan fingerprint density at radius 2 is 2.04 bits per heavy atom. The van der Waals surface area contributed by atoms with Gasteiger partial charge in [-0.3, -0.25) is 4.79 Å². The van der Waals surface area contributed by atoms with Crippen LogP contribution in [0.15, 0.2) is 24.3 Å². The van der Waals surface area contributed by atoms with Crippen molar-refractivity contribution in [1.29, 1.82) is 0 Å². The molecule has 0 bridgehead atoms. The molecule has 0 unspecified atom stereocenters. The molecule has 0 aromatic heterocycles. The molecule has 2 N–H and O–H groups in total. The molecule has 3 nitrogen and oxygen atoms in total. The first-order chi connectivity index (χ1) is 10.6. The maximum atomic E-state index is 11.6. The fraction of sp³-hybridized carbons (Fsp3) is 0.750. The van der Waals surface area contributed by atoms with E-state index in [0.717, 1.165) is 32.0 Å². The standard InChI is InChI=1S/C20H32O3/c1-6-19(4,23)11-8-15-14(13-21)12-16(22)17-18(2,3)9-7-10-20(15,17)5/h6,12-13,15-17,22-23H,1,7-11H2,2-5H3/t15-,16-,17-,19-,20+/m0/s1. The Morgan fingerprint density at radius 1 is 1.39 bits per heavy atom. The second-order valence-corrected chi connectivity index (χ2v) is 8.75. The number of fused-ring (bicyclic) bond motifs is 1. The van der Waals surface area contributed by atoms with Crippen LogP contribution in [-0.2, 0) is 4.79 Å². The highest BCUT2D eigenvalue weighted by atomic mass is 16.3. The van der Waals surface area contributed by atoms with Crippen LogP contribution in [0.4, 0.5) is 0 Å². The minimum absolute atomic E-state index is 0.0521. The van der Waals surface area contributed by atoms with Crippen LogP contribution in [0.1, 0.15) is 59.8 Å². The molecule has 0 radical (unpaired) electrons. The van der Waals surface area contributed by atoms with Gasteiger partial charge < -0.3 is 10.2 Å². The molecule has 0 aromatic carbocycles. The molecule has 2 rings (SSSR count). The Bertz CT molecular complexity index is 503. The first-order valence-electron chi connectivity index (χ1n) is 8.78. The van der Waals surface area contributed by atoms with Gasteiger partial charge in [0.2, 0.25) is 0 Å². The second-order valence-electron chi connectivity index (χ2n) is 8.75. The van der Waals surface area contributed by atoms with Crippen molar-refractivity contribution in [1.82, 2.24) is 0 Å². The zero-order chi connectivity index (χ0) is 17.5. The third-order valence-electron chi connectivity index (χ3n) is 6.51. The summed E-state index contributed by atoms with van der Waals surface area (Å²) in [5.41, 5.74) is -0.270. The maximum Gasteiger partial charge on any atom is 0.146 e. The van der Waals surface area contributed by atoms with Gasteiger partial charge in [0.05, 0.1) is 11.7 Å². The summed E-state index contributed by atoms with van der Waals surface area (Å²) in [5.74, 6) is 0.227. The Labute approximate surface area is 140 Å². The number of carbonyl (C=O) groups is 1. The largest absolute Gasteiger partial charge is 0.389 e. The molecule has 1 saturated carbocycles. The van der Waals surface area contributed by atoms with E-state index in [1.807, 2.05) is 0 Å². The maximum absolute atomic E-state index is 11.6. The van der Waals surface area contributed by atoms with Gasteiger partial charge in [0.15, 0.2) is 0 Å². The Kier molecular flexibility index (Phi) is 4.94. The van der Waals surface area contributed by atoms with E-state index in [9.17, 15) is 15.0 Å². The summed E-state index contributed by atoms with van der Waals surface area (Å²) < 4.78 is 0. The third-order valence-corrected chi connectivity index (χ3v) is 6.51. The predicted octanol–water partition coefficient (Wildman–Crippen LogP) is 3.65. The summed E-state index contributed by atoms with van der Waals surface area (Å²) in [7, 11) is 0. The lowest BCUT2D eigenvalue weighted by Gasteiger charge is -2.58. The van der Waals surface area contributed by atoms with Crippen LogP contribution in [0.3, 0.4) is 0 Å². The molecule has 0 heterocycles. The summed E-state index contributed by atoms with van der Waals surface area (Å²) in [6, 6.07) is 0. The van der Waals surface area contributed by atoms with Crippen LogP contribution < -0.4 is 0 Å². The lowest BCUT2D eigenvalue weighted by molar-refractivity contribution is -0.115. The lowest BCUT2D eigenvalue weighted by Crippen LogP contribution is -2.54. The normalized spacial score (nSPS) is 38.9. The highest BCUT2D eigenvalue weighted by Gasteiger charge is 2.55. The van der Waals surface area contributed by atoms with Crippen LogP contribution >= 0.6 is 0 Å². The SMILES string of the molecule is C=C[C@](C)(O)CC[C@H]1C(C=O)=C[C@H](O)[C@H]2C(C)(C)CCC[C@]12C. The molecule has 0 saturated heterocycles. The molecule has 2 aliphatic rings. The van der Waals surface area contributed by atoms with Crippen LogP contribution in [0, 0.1) is 22.7 Å². The highest BCUT2D eigenvalue weighted by Crippen LogP contribution is 2.60. The Hall–Kier alpha value is -0.930. The fourth-order valence-corrected chi connectivity index (χ4v) is 5.32. The number of rotatable bonds is 5. The Morgan fingerprint density at radius 3 is 2.61 bits per heavy atom. The number of hydrogen-bond donors (Lipinski definition) is 2. The van der Waals surface area contributed by atoms with E-state index in [1.54, 1.807) is 19.1 Å². The van der Waals surface area contributed by atoms with Crippen LogP contribution in [0.25, 0.3) is 0 Å². The number of aliphatic hydroxyl groups excluding tert-OH is 1. The van der Waals surface area contributed by atoms with Gasteiger partial charge in [-0.1, -0.05) is 33.3 Å². The first kappa shape index (κ1) is 18.4. The topological polar surface area (TPSA) is 57.5 Å². The van der Waals surface area contributed by atoms with Crippen molar-refractivity contribution in [3.63, 3.8) is 0 Å². The minimum Gasteiger partial charge on any atom is -0.389 e. The van der Waals surface area contributed by atoms with Gasteiger partial charge in [0, 0.05) is 0 Å². The van der Waals surface area contributed by atoms with E-state index >= 15 is 0 Å². The molecule has 0 aliphatic heterocycles. The fourth-order valence-electron chi connectivity index (χ4n) is 5.32. The number of aldehydes is 1. The van der Waals surface area contributed by atoms with E-state index < -0.39 is 11.7 Å². The number of carbonyl (C=O) groups excluding carboxylic acids is 1. The Balaban J connectivity index is 2.39. The lowest BCUT2D eigenvalue weighted by atomic mass is 9.47. The van der Waals surface area contributed by atoms with Gasteiger partial charge in [0.1, 0.15) is 6.29 Å². The molecule has 5 atom stereocenters. The average molecular weight is 320 g/mol. The van der Waals surface area contributed by atoms with Crippen molar-refractivity contribution in [3.8, 4) is 0 Å². The summed E-state index contributed by atoms with van der Waals surface area (Å²) in [4.78, 5) is 11.6. The van der Waals surface area contributed by atoms with Crippen molar-refractivity contribution < 1.29 is 15.0 Å². The molecule has 0 spiro atoms. The summed E-state index contributed by atoms with van der Waals surface area (Å²) in [5, 5.41) is 21.0. The van der Waals surface area contributed by atoms with Crippen LogP contribution in [-0.4, -0.2) is 28.2 Å². The molecule has 3 heteroatoms. The molecule has 1 fully saturated rings. The summed E-state index contributed by atoms with van der Waals surface area (Å²) in [6.45, 7) is 12.1. The van der Waals surface area contributed by atoms with Crippen LogP contribution in [0.2, 0.25) is 0 Å². The van der Waals surface area contributed by atoms with Crippen molar-refractivity contribution in [2.75, 3.05) is 0 Å². The summed E-state index contributed by atoms with van der Waals surface area (Å²) in [6.07, 6.45) is 8.22. The molecule has 0 amide bonds. The van der Waals surface area contributed by atoms with Crippen molar-refractivity contribution >= 4 is 6.29 Å². The average Bonchev–Trinajstić information content (AvgIpc) is 2.44. The molecule has 130 valence electrons. The first-order valence-corrected chi connectivity index (χ1v) is 8.78. The zero-order valence-corrected chi connectivity index (χ0v) is 15.0. The second kappa shape index (κ2) is 6.18. The van der Waals surface area contributed by atoms with Crippen molar-refractivity contribution in [3.05, 3.63) is 24.3 Å².